The maximum Gasteiger partial charge on any atom is 0.270 e. The van der Waals surface area contributed by atoms with Gasteiger partial charge in [-0.1, -0.05) is 48.5 Å². The normalized spacial score (nSPS) is 14.1. The fourth-order valence-corrected chi connectivity index (χ4v) is 5.21. The number of amides is 3. The molecule has 9 heteroatoms. The van der Waals surface area contributed by atoms with E-state index in [0.29, 0.717) is 40.7 Å². The van der Waals surface area contributed by atoms with Crippen LogP contribution in [0, 0.1) is 20.8 Å². The van der Waals surface area contributed by atoms with Gasteiger partial charge in [-0.05, 0) is 111 Å². The lowest BCUT2D eigenvalue weighted by molar-refractivity contribution is -0.121. The van der Waals surface area contributed by atoms with Gasteiger partial charge in [0.2, 0.25) is 0 Å². The molecule has 1 fully saturated rings. The quantitative estimate of drug-likeness (QED) is 0.126. The van der Waals surface area contributed by atoms with Gasteiger partial charge in [0.15, 0.2) is 23.2 Å². The summed E-state index contributed by atoms with van der Waals surface area (Å²) in [5, 5.41) is 2.91. The third-order valence-corrected chi connectivity index (χ3v) is 7.73. The molecule has 5 rings (SSSR count). The van der Waals surface area contributed by atoms with Gasteiger partial charge in [0.1, 0.15) is 5.57 Å². The van der Waals surface area contributed by atoms with E-state index in [1.54, 1.807) is 42.5 Å². The zero-order valence-corrected chi connectivity index (χ0v) is 26.3. The van der Waals surface area contributed by atoms with E-state index >= 15 is 0 Å². The zero-order chi connectivity index (χ0) is 32.1. The Bertz CT molecular complexity index is 1820. The molecule has 0 atom stereocenters. The lowest BCUT2D eigenvalue weighted by Gasteiger charge is -2.36. The molecule has 3 amide bonds. The van der Waals surface area contributed by atoms with Crippen molar-refractivity contribution in [3.63, 3.8) is 0 Å². The Morgan fingerprint density at radius 3 is 2.13 bits per heavy atom. The molecule has 1 aliphatic rings. The first-order valence-corrected chi connectivity index (χ1v) is 14.9. The molecule has 4 aromatic rings. The van der Waals surface area contributed by atoms with Crippen LogP contribution in [0.2, 0.25) is 0 Å². The predicted octanol–water partition coefficient (Wildman–Crippen LogP) is 6.78. The Balaban J connectivity index is 1.47. The van der Waals surface area contributed by atoms with Crippen LogP contribution in [0.1, 0.15) is 29.2 Å². The number of hydrogen-bond acceptors (Lipinski definition) is 6. The topological polar surface area (TPSA) is 88.2 Å². The third kappa shape index (κ3) is 6.78. The number of carbonyl (C=O) groups excluding carboxylic acids is 3. The van der Waals surface area contributed by atoms with E-state index < -0.39 is 11.8 Å². The number of carbonyl (C=O) groups is 3. The van der Waals surface area contributed by atoms with Gasteiger partial charge in [-0.15, -0.1) is 0 Å². The fraction of sp³-hybridized carbons (Fsp3) is 0.167. The number of aryl methyl sites for hydroxylation is 3. The van der Waals surface area contributed by atoms with Gasteiger partial charge >= 0.3 is 0 Å². The van der Waals surface area contributed by atoms with Gasteiger partial charge < -0.3 is 14.8 Å². The van der Waals surface area contributed by atoms with Gasteiger partial charge in [0, 0.05) is 5.69 Å². The van der Waals surface area contributed by atoms with E-state index in [2.05, 4.69) is 5.32 Å². The molecule has 1 saturated heterocycles. The minimum Gasteiger partial charge on any atom is -0.490 e. The lowest BCUT2D eigenvalue weighted by atomic mass is 10.0. The van der Waals surface area contributed by atoms with E-state index in [9.17, 15) is 14.4 Å². The van der Waals surface area contributed by atoms with E-state index in [4.69, 9.17) is 21.7 Å². The molecule has 228 valence electrons. The summed E-state index contributed by atoms with van der Waals surface area (Å²) in [6.45, 7) is 7.78. The second-order valence-corrected chi connectivity index (χ2v) is 10.9. The van der Waals surface area contributed by atoms with Crippen LogP contribution < -0.4 is 24.6 Å². The van der Waals surface area contributed by atoms with Crippen LogP contribution in [0.25, 0.3) is 6.08 Å². The lowest BCUT2D eigenvalue weighted by Crippen LogP contribution is -2.57. The largest absolute Gasteiger partial charge is 0.490 e. The molecule has 1 N–H and O–H groups in total. The Labute approximate surface area is 267 Å². The van der Waals surface area contributed by atoms with Crippen LogP contribution >= 0.6 is 12.2 Å². The molecular formula is C36H33N3O5S. The molecule has 0 bridgehead atoms. The third-order valence-electron chi connectivity index (χ3n) is 7.37. The van der Waals surface area contributed by atoms with Crippen LogP contribution in [0.15, 0.2) is 96.6 Å². The Hall–Kier alpha value is -5.28. The van der Waals surface area contributed by atoms with E-state index in [1.807, 2.05) is 76.2 Å². The molecule has 45 heavy (non-hydrogen) atoms. The summed E-state index contributed by atoms with van der Waals surface area (Å²) in [5.41, 5.74) is 5.27. The number of rotatable bonds is 9. The number of hydrogen-bond donors (Lipinski definition) is 1. The maximum atomic E-state index is 14.0. The second-order valence-electron chi connectivity index (χ2n) is 10.5. The summed E-state index contributed by atoms with van der Waals surface area (Å²) >= 11 is 5.74. The summed E-state index contributed by atoms with van der Waals surface area (Å²) in [6.07, 6.45) is 1.52. The van der Waals surface area contributed by atoms with Gasteiger partial charge in [-0.25, -0.2) is 0 Å². The number of para-hydroxylation sites is 2. The molecule has 8 nitrogen and oxygen atoms in total. The van der Waals surface area contributed by atoms with Crippen LogP contribution in [0.5, 0.6) is 11.5 Å². The van der Waals surface area contributed by atoms with Crippen molar-refractivity contribution in [2.75, 3.05) is 28.3 Å². The SMILES string of the molecule is CCOc1cc(/C=C2\C(=O)N(c3ccccc3)C(=S)N(c3ccc(C)c(C)c3)C2=O)ccc1OCC(=O)Nc1ccccc1C. The number of thiocarbonyl (C=S) groups is 1. The highest BCUT2D eigenvalue weighted by Gasteiger charge is 2.41. The monoisotopic (exact) mass is 619 g/mol. The van der Waals surface area contributed by atoms with Gasteiger partial charge in [0.05, 0.1) is 18.0 Å². The van der Waals surface area contributed by atoms with Gasteiger partial charge in [-0.3, -0.25) is 24.2 Å². The van der Waals surface area contributed by atoms with Crippen molar-refractivity contribution in [3.8, 4) is 11.5 Å². The number of benzene rings is 4. The number of nitrogens with one attached hydrogen (secondary N) is 1. The molecule has 0 aliphatic carbocycles. The highest BCUT2D eigenvalue weighted by atomic mass is 32.1. The molecule has 0 unspecified atom stereocenters. The molecule has 0 spiro atoms. The summed E-state index contributed by atoms with van der Waals surface area (Å²) < 4.78 is 11.6. The summed E-state index contributed by atoms with van der Waals surface area (Å²) in [6, 6.07) is 27.1. The predicted molar refractivity (Wildman–Crippen MR) is 181 cm³/mol. The average Bonchev–Trinajstić information content (AvgIpc) is 3.02. The van der Waals surface area contributed by atoms with Crippen LogP contribution in [0.3, 0.4) is 0 Å². The number of ether oxygens (including phenoxy) is 2. The van der Waals surface area contributed by atoms with E-state index in [1.165, 1.54) is 15.9 Å². The maximum absolute atomic E-state index is 14.0. The summed E-state index contributed by atoms with van der Waals surface area (Å²) in [7, 11) is 0. The van der Waals surface area contributed by atoms with Crippen LogP contribution in [-0.2, 0) is 14.4 Å². The molecular weight excluding hydrogens is 586 g/mol. The Morgan fingerprint density at radius 2 is 1.44 bits per heavy atom. The summed E-state index contributed by atoms with van der Waals surface area (Å²) in [5.74, 6) is -0.675. The minimum atomic E-state index is -0.539. The van der Waals surface area contributed by atoms with Gasteiger partial charge in [-0.2, -0.15) is 0 Å². The van der Waals surface area contributed by atoms with Crippen molar-refractivity contribution in [1.29, 1.82) is 0 Å². The van der Waals surface area contributed by atoms with E-state index in [0.717, 1.165) is 16.7 Å². The zero-order valence-electron chi connectivity index (χ0n) is 25.5. The first-order chi connectivity index (χ1) is 21.7. The van der Waals surface area contributed by atoms with Crippen molar-refractivity contribution >= 4 is 58.2 Å². The Morgan fingerprint density at radius 1 is 0.756 bits per heavy atom. The highest BCUT2D eigenvalue weighted by Crippen LogP contribution is 2.33. The first kappa shape index (κ1) is 31.2. The second kappa shape index (κ2) is 13.6. The summed E-state index contributed by atoms with van der Waals surface area (Å²) in [4.78, 5) is 43.2. The van der Waals surface area contributed by atoms with Crippen LogP contribution in [0.4, 0.5) is 17.1 Å². The van der Waals surface area contributed by atoms with E-state index in [-0.39, 0.29) is 23.2 Å². The first-order valence-electron chi connectivity index (χ1n) is 14.5. The molecule has 1 aliphatic heterocycles. The minimum absolute atomic E-state index is 0.0688. The number of nitrogens with zero attached hydrogens (tertiary/aromatic N) is 2. The molecule has 0 radical (unpaired) electrons. The van der Waals surface area contributed by atoms with Crippen molar-refractivity contribution < 1.29 is 23.9 Å². The van der Waals surface area contributed by atoms with Crippen molar-refractivity contribution in [2.24, 2.45) is 0 Å². The smallest absolute Gasteiger partial charge is 0.270 e. The molecule has 0 aromatic heterocycles. The highest BCUT2D eigenvalue weighted by molar-refractivity contribution is 7.81. The van der Waals surface area contributed by atoms with Crippen LogP contribution in [-0.4, -0.2) is 36.0 Å². The molecule has 1 heterocycles. The Kier molecular flexibility index (Phi) is 9.39. The molecule has 0 saturated carbocycles. The van der Waals surface area contributed by atoms with Gasteiger partial charge in [0.25, 0.3) is 17.7 Å². The average molecular weight is 620 g/mol. The fourth-order valence-electron chi connectivity index (χ4n) is 4.84. The van der Waals surface area contributed by atoms with Crippen molar-refractivity contribution in [2.45, 2.75) is 27.7 Å². The standard InChI is InChI=1S/C36H33N3O5S/c1-5-43-32-21-26(16-18-31(32)44-22-33(40)37-30-14-10-9-11-24(30)3)20-29-34(41)38(27-12-7-6-8-13-27)36(45)39(35(29)42)28-17-15-23(2)25(4)19-28/h6-21H,5,22H2,1-4H3,(H,37,40)/b29-20+. The number of anilines is 3. The molecule has 4 aromatic carbocycles. The van der Waals surface area contributed by atoms with Crippen molar-refractivity contribution in [1.82, 2.24) is 0 Å². The van der Waals surface area contributed by atoms with Crippen molar-refractivity contribution in [3.05, 3.63) is 119 Å².